The second kappa shape index (κ2) is 6.27. The van der Waals surface area contributed by atoms with E-state index < -0.39 is 47.1 Å². The van der Waals surface area contributed by atoms with Crippen molar-refractivity contribution in [3.63, 3.8) is 0 Å². The summed E-state index contributed by atoms with van der Waals surface area (Å²) in [6.45, 7) is -1.53. The zero-order valence-electron chi connectivity index (χ0n) is 10.4. The molecule has 1 amide bonds. The SMILES string of the molecule is NC(=O)c1cc([N+](=O)[O-])cnc1N(CC(=O)O)CC(=O)O. The van der Waals surface area contributed by atoms with E-state index in [2.05, 4.69) is 4.98 Å². The second-order valence-electron chi connectivity index (χ2n) is 3.83. The van der Waals surface area contributed by atoms with Crippen molar-refractivity contribution >= 4 is 29.4 Å². The molecule has 0 saturated carbocycles. The van der Waals surface area contributed by atoms with E-state index in [0.717, 1.165) is 17.2 Å². The summed E-state index contributed by atoms with van der Waals surface area (Å²) in [5, 5.41) is 28.1. The van der Waals surface area contributed by atoms with Crippen molar-refractivity contribution in [1.29, 1.82) is 0 Å². The minimum absolute atomic E-state index is 0.349. The van der Waals surface area contributed by atoms with Crippen molar-refractivity contribution in [2.75, 3.05) is 18.0 Å². The number of nitrogens with zero attached hydrogens (tertiary/aromatic N) is 3. The largest absolute Gasteiger partial charge is 0.480 e. The van der Waals surface area contributed by atoms with Gasteiger partial charge in [0, 0.05) is 6.07 Å². The van der Waals surface area contributed by atoms with Gasteiger partial charge in [-0.05, 0) is 0 Å². The Bertz CT molecular complexity index is 599. The average Bonchev–Trinajstić information content (AvgIpc) is 2.35. The first kappa shape index (κ1) is 15.8. The van der Waals surface area contributed by atoms with E-state index in [-0.39, 0.29) is 5.82 Å². The average molecular weight is 298 g/mol. The molecule has 1 aromatic rings. The summed E-state index contributed by atoms with van der Waals surface area (Å²) < 4.78 is 0. The van der Waals surface area contributed by atoms with Crippen molar-refractivity contribution in [2.24, 2.45) is 5.73 Å². The molecule has 11 nitrogen and oxygen atoms in total. The Kier molecular flexibility index (Phi) is 4.72. The van der Waals surface area contributed by atoms with E-state index in [1.54, 1.807) is 0 Å². The van der Waals surface area contributed by atoms with E-state index in [4.69, 9.17) is 15.9 Å². The number of nitrogens with two attached hydrogens (primary N) is 1. The topological polar surface area (TPSA) is 177 Å². The maximum absolute atomic E-state index is 11.3. The fraction of sp³-hybridized carbons (Fsp3) is 0.200. The summed E-state index contributed by atoms with van der Waals surface area (Å²) in [6, 6.07) is 0.807. The molecule has 0 atom stereocenters. The molecule has 0 aliphatic heterocycles. The van der Waals surface area contributed by atoms with Gasteiger partial charge in [0.1, 0.15) is 25.1 Å². The van der Waals surface area contributed by atoms with E-state index in [9.17, 15) is 24.5 Å². The first-order chi connectivity index (χ1) is 9.72. The molecule has 1 heterocycles. The standard InChI is InChI=1S/C10H10N4O7/c11-9(19)6-1-5(14(20)21)2-12-10(6)13(3-7(15)16)4-8(17)18/h1-2H,3-4H2,(H2,11,19)(H,15,16)(H,17,18). The molecule has 21 heavy (non-hydrogen) atoms. The fourth-order valence-electron chi connectivity index (χ4n) is 1.51. The number of rotatable bonds is 7. The Balaban J connectivity index is 3.35. The monoisotopic (exact) mass is 298 g/mol. The quantitative estimate of drug-likeness (QED) is 0.423. The van der Waals surface area contributed by atoms with Crippen LogP contribution in [0, 0.1) is 10.1 Å². The van der Waals surface area contributed by atoms with Crippen molar-refractivity contribution in [3.05, 3.63) is 27.9 Å². The summed E-state index contributed by atoms with van der Waals surface area (Å²) in [6.07, 6.45) is 0.776. The van der Waals surface area contributed by atoms with Gasteiger partial charge in [0.15, 0.2) is 0 Å². The number of aliphatic carboxylic acids is 2. The maximum atomic E-state index is 11.3. The molecule has 0 unspecified atom stereocenters. The van der Waals surface area contributed by atoms with Crippen LogP contribution in [0.25, 0.3) is 0 Å². The highest BCUT2D eigenvalue weighted by Crippen LogP contribution is 2.22. The minimum atomic E-state index is -1.37. The Hall–Kier alpha value is -3.24. The summed E-state index contributed by atoms with van der Waals surface area (Å²) in [5.74, 6) is -4.18. The number of carboxylic acids is 2. The highest BCUT2D eigenvalue weighted by Gasteiger charge is 2.23. The highest BCUT2D eigenvalue weighted by molar-refractivity contribution is 5.99. The number of hydrogen-bond acceptors (Lipinski definition) is 7. The van der Waals surface area contributed by atoms with Crippen LogP contribution in [-0.4, -0.2) is 51.1 Å². The van der Waals surface area contributed by atoms with Crippen LogP contribution in [0.4, 0.5) is 11.5 Å². The number of carboxylic acid groups (broad SMARTS) is 2. The normalized spacial score (nSPS) is 9.90. The molecule has 0 bridgehead atoms. The van der Waals surface area contributed by atoms with Crippen molar-refractivity contribution in [2.45, 2.75) is 0 Å². The van der Waals surface area contributed by atoms with Crippen LogP contribution >= 0.6 is 0 Å². The van der Waals surface area contributed by atoms with Crippen LogP contribution in [-0.2, 0) is 9.59 Å². The predicted octanol–water partition coefficient (Wildman–Crippen LogP) is -0.936. The maximum Gasteiger partial charge on any atom is 0.323 e. The van der Waals surface area contributed by atoms with E-state index >= 15 is 0 Å². The number of carbonyl (C=O) groups excluding carboxylic acids is 1. The van der Waals surface area contributed by atoms with Crippen LogP contribution in [0.5, 0.6) is 0 Å². The molecule has 11 heteroatoms. The summed E-state index contributed by atoms with van der Waals surface area (Å²) >= 11 is 0. The first-order valence-electron chi connectivity index (χ1n) is 5.35. The number of anilines is 1. The number of hydrogen-bond donors (Lipinski definition) is 3. The Labute approximate surface area is 116 Å². The van der Waals surface area contributed by atoms with Crippen molar-refractivity contribution in [3.8, 4) is 0 Å². The van der Waals surface area contributed by atoms with Crippen LogP contribution in [0.1, 0.15) is 10.4 Å². The number of nitro groups is 1. The Morgan fingerprint density at radius 2 is 1.81 bits per heavy atom. The van der Waals surface area contributed by atoms with Gasteiger partial charge in [-0.3, -0.25) is 24.5 Å². The second-order valence-corrected chi connectivity index (χ2v) is 3.83. The molecular formula is C10H10N4O7. The van der Waals surface area contributed by atoms with Gasteiger partial charge in [-0.2, -0.15) is 0 Å². The smallest absolute Gasteiger partial charge is 0.323 e. The van der Waals surface area contributed by atoms with E-state index in [1.807, 2.05) is 0 Å². The summed E-state index contributed by atoms with van der Waals surface area (Å²) in [7, 11) is 0. The third kappa shape index (κ3) is 4.12. The van der Waals surface area contributed by atoms with Gasteiger partial charge >= 0.3 is 11.9 Å². The lowest BCUT2D eigenvalue weighted by molar-refractivity contribution is -0.385. The van der Waals surface area contributed by atoms with Crippen LogP contribution in [0.15, 0.2) is 12.3 Å². The van der Waals surface area contributed by atoms with Crippen molar-refractivity contribution in [1.82, 2.24) is 4.98 Å². The lowest BCUT2D eigenvalue weighted by Crippen LogP contribution is -2.36. The number of aromatic nitrogens is 1. The Morgan fingerprint density at radius 3 is 2.19 bits per heavy atom. The van der Waals surface area contributed by atoms with Gasteiger partial charge < -0.3 is 20.8 Å². The number of amides is 1. The van der Waals surface area contributed by atoms with Gasteiger partial charge in [-0.25, -0.2) is 4.98 Å². The molecular weight excluding hydrogens is 288 g/mol. The first-order valence-corrected chi connectivity index (χ1v) is 5.35. The predicted molar refractivity (Wildman–Crippen MR) is 66.9 cm³/mol. The Morgan fingerprint density at radius 1 is 1.29 bits per heavy atom. The molecule has 112 valence electrons. The molecule has 0 aliphatic carbocycles. The lowest BCUT2D eigenvalue weighted by atomic mass is 10.2. The van der Waals surface area contributed by atoms with Crippen LogP contribution < -0.4 is 10.6 Å². The third-order valence-electron chi connectivity index (χ3n) is 2.28. The van der Waals surface area contributed by atoms with Gasteiger partial charge in [0.25, 0.3) is 11.6 Å². The lowest BCUT2D eigenvalue weighted by Gasteiger charge is -2.21. The van der Waals surface area contributed by atoms with Gasteiger partial charge in [-0.1, -0.05) is 0 Å². The van der Waals surface area contributed by atoms with Gasteiger partial charge in [0.05, 0.1) is 10.5 Å². The number of pyridine rings is 1. The highest BCUT2D eigenvalue weighted by atomic mass is 16.6. The molecule has 1 rings (SSSR count). The van der Waals surface area contributed by atoms with Crippen molar-refractivity contribution < 1.29 is 29.5 Å². The molecule has 0 aliphatic rings. The zero-order valence-corrected chi connectivity index (χ0v) is 10.4. The van der Waals surface area contributed by atoms with E-state index in [1.165, 1.54) is 0 Å². The summed E-state index contributed by atoms with van der Waals surface area (Å²) in [4.78, 5) is 46.9. The fourth-order valence-corrected chi connectivity index (χ4v) is 1.51. The summed E-state index contributed by atoms with van der Waals surface area (Å²) in [5.41, 5.74) is 4.09. The molecule has 0 aromatic carbocycles. The molecule has 0 saturated heterocycles. The molecule has 0 radical (unpaired) electrons. The molecule has 1 aromatic heterocycles. The van der Waals surface area contributed by atoms with Crippen LogP contribution in [0.3, 0.4) is 0 Å². The number of carbonyl (C=O) groups is 3. The number of primary amides is 1. The zero-order chi connectivity index (χ0) is 16.2. The molecule has 0 spiro atoms. The van der Waals surface area contributed by atoms with Gasteiger partial charge in [0.2, 0.25) is 0 Å². The third-order valence-corrected chi connectivity index (χ3v) is 2.28. The van der Waals surface area contributed by atoms with Crippen LogP contribution in [0.2, 0.25) is 0 Å². The van der Waals surface area contributed by atoms with Gasteiger partial charge in [-0.15, -0.1) is 0 Å². The van der Waals surface area contributed by atoms with E-state index in [0.29, 0.717) is 0 Å². The molecule has 0 fully saturated rings. The molecule has 4 N–H and O–H groups in total. The minimum Gasteiger partial charge on any atom is -0.480 e.